The van der Waals surface area contributed by atoms with E-state index >= 15 is 0 Å². The van der Waals surface area contributed by atoms with Crippen LogP contribution >= 0.6 is 0 Å². The number of hydrogen-bond donors (Lipinski definition) is 1. The first kappa shape index (κ1) is 18.9. The van der Waals surface area contributed by atoms with E-state index in [1.165, 1.54) is 12.1 Å². The molecule has 150 valence electrons. The molecule has 0 spiro atoms. The predicted molar refractivity (Wildman–Crippen MR) is 95.2 cm³/mol. The second-order valence-corrected chi connectivity index (χ2v) is 7.36. The maximum atomic E-state index is 12.6. The van der Waals surface area contributed by atoms with Crippen molar-refractivity contribution in [3.8, 4) is 11.7 Å². The zero-order valence-electron chi connectivity index (χ0n) is 15.3. The van der Waals surface area contributed by atoms with Crippen molar-refractivity contribution in [2.45, 2.75) is 38.0 Å². The van der Waals surface area contributed by atoms with E-state index < -0.39 is 11.9 Å². The molecule has 0 saturated carbocycles. The Labute approximate surface area is 160 Å². The number of carbonyl (C=O) groups excluding carboxylic acids is 1. The summed E-state index contributed by atoms with van der Waals surface area (Å²) < 4.78 is 47.6. The van der Waals surface area contributed by atoms with E-state index in [1.807, 2.05) is 0 Å². The highest BCUT2D eigenvalue weighted by molar-refractivity contribution is 5.94. The number of piperidine rings is 3. The number of alkyl halides is 3. The molecule has 1 aromatic carbocycles. The summed E-state index contributed by atoms with van der Waals surface area (Å²) in [7, 11) is 0. The topological polar surface area (TPSA) is 54.7 Å². The third kappa shape index (κ3) is 3.73. The summed E-state index contributed by atoms with van der Waals surface area (Å²) >= 11 is 0. The fraction of sp³-hybridized carbons (Fsp3) is 0.450. The summed E-state index contributed by atoms with van der Waals surface area (Å²) in [5.41, 5.74) is 0.478. The highest BCUT2D eigenvalue weighted by atomic mass is 19.4. The second-order valence-electron chi connectivity index (χ2n) is 7.36. The van der Waals surface area contributed by atoms with Gasteiger partial charge in [0.1, 0.15) is 5.75 Å². The van der Waals surface area contributed by atoms with Crippen LogP contribution in [-0.4, -0.2) is 36.0 Å². The smallest absolute Gasteiger partial charge is 0.426 e. The van der Waals surface area contributed by atoms with E-state index in [0.29, 0.717) is 17.5 Å². The molecule has 5 rings (SSSR count). The minimum Gasteiger partial charge on any atom is -0.426 e. The first-order valence-corrected chi connectivity index (χ1v) is 9.31. The molecule has 0 aliphatic carbocycles. The van der Waals surface area contributed by atoms with Crippen molar-refractivity contribution >= 4 is 5.91 Å². The molecular weight excluding hydrogens is 373 g/mol. The van der Waals surface area contributed by atoms with Crippen molar-refractivity contribution in [3.63, 3.8) is 0 Å². The molecule has 2 atom stereocenters. The maximum absolute atomic E-state index is 12.6. The Bertz CT molecular complexity index is 837. The van der Waals surface area contributed by atoms with Crippen LogP contribution in [-0.2, 0) is 6.18 Å². The lowest BCUT2D eigenvalue weighted by molar-refractivity contribution is -0.153. The molecule has 3 fully saturated rings. The van der Waals surface area contributed by atoms with Gasteiger partial charge in [0.05, 0.1) is 0 Å². The van der Waals surface area contributed by atoms with E-state index in [9.17, 15) is 18.0 Å². The zero-order chi connectivity index (χ0) is 19.9. The number of carbonyl (C=O) groups is 1. The number of amides is 1. The van der Waals surface area contributed by atoms with E-state index in [1.54, 1.807) is 12.1 Å². The Hall–Kier alpha value is -2.48. The Morgan fingerprint density at radius 3 is 2.39 bits per heavy atom. The zero-order valence-corrected chi connectivity index (χ0v) is 15.3. The van der Waals surface area contributed by atoms with Gasteiger partial charge in [-0.15, -0.1) is 0 Å². The average Bonchev–Trinajstić information content (AvgIpc) is 3.14. The summed E-state index contributed by atoms with van der Waals surface area (Å²) in [6.07, 6.45) is -2.36. The predicted octanol–water partition coefficient (Wildman–Crippen LogP) is 4.30. The highest BCUT2D eigenvalue weighted by Gasteiger charge is 2.40. The lowest BCUT2D eigenvalue weighted by atomic mass is 9.79. The molecule has 1 N–H and O–H groups in total. The van der Waals surface area contributed by atoms with Gasteiger partial charge in [-0.25, -0.2) is 0 Å². The van der Waals surface area contributed by atoms with Crippen LogP contribution in [0.25, 0.3) is 0 Å². The van der Waals surface area contributed by atoms with Crippen molar-refractivity contribution in [1.29, 1.82) is 0 Å². The standard InChI is InChI=1S/C20H21F3N2O3/c1-12-18(13-8-10-25(12)11-9-13)24-19(26)14-2-4-15(5-3-14)27-17-7-6-16(28-17)20(21,22)23/h2-7,12-13,18H,8-11H2,1H3,(H,24,26)/t12-,18-/m0/s1. The Morgan fingerprint density at radius 2 is 1.82 bits per heavy atom. The van der Waals surface area contributed by atoms with Crippen LogP contribution < -0.4 is 10.1 Å². The molecule has 1 aromatic heterocycles. The third-order valence-corrected chi connectivity index (χ3v) is 5.67. The van der Waals surface area contributed by atoms with Gasteiger partial charge in [0.25, 0.3) is 11.9 Å². The average molecular weight is 394 g/mol. The van der Waals surface area contributed by atoms with Crippen LogP contribution in [0.3, 0.4) is 0 Å². The summed E-state index contributed by atoms with van der Waals surface area (Å²) in [6.45, 7) is 4.33. The maximum Gasteiger partial charge on any atom is 0.449 e. The van der Waals surface area contributed by atoms with Gasteiger partial charge in [0.2, 0.25) is 5.76 Å². The normalized spacial score (nSPS) is 26.9. The van der Waals surface area contributed by atoms with Gasteiger partial charge < -0.3 is 14.5 Å². The van der Waals surface area contributed by atoms with Crippen molar-refractivity contribution in [3.05, 3.63) is 47.7 Å². The number of ether oxygens (including phenoxy) is 1. The lowest BCUT2D eigenvalue weighted by Crippen LogP contribution is -2.62. The Balaban J connectivity index is 1.39. The fourth-order valence-corrected chi connectivity index (χ4v) is 4.10. The minimum atomic E-state index is -4.56. The molecule has 2 aromatic rings. The number of rotatable bonds is 4. The number of nitrogens with one attached hydrogen (secondary N) is 1. The van der Waals surface area contributed by atoms with E-state index in [0.717, 1.165) is 38.1 Å². The van der Waals surface area contributed by atoms with Gasteiger partial charge in [-0.1, -0.05) is 0 Å². The number of fused-ring (bicyclic) bond motifs is 3. The number of hydrogen-bond acceptors (Lipinski definition) is 4. The summed E-state index contributed by atoms with van der Waals surface area (Å²) in [6, 6.07) is 8.62. The van der Waals surface area contributed by atoms with Crippen molar-refractivity contribution in [2.24, 2.45) is 5.92 Å². The molecule has 4 heterocycles. The summed E-state index contributed by atoms with van der Waals surface area (Å²) in [5.74, 6) is -0.741. The molecule has 3 saturated heterocycles. The van der Waals surface area contributed by atoms with Crippen LogP contribution in [0.2, 0.25) is 0 Å². The van der Waals surface area contributed by atoms with Crippen LogP contribution in [0.4, 0.5) is 13.2 Å². The molecule has 2 bridgehead atoms. The number of furan rings is 1. The Morgan fingerprint density at radius 1 is 1.14 bits per heavy atom. The van der Waals surface area contributed by atoms with Crippen molar-refractivity contribution in [2.75, 3.05) is 13.1 Å². The number of halogens is 3. The van der Waals surface area contributed by atoms with Gasteiger partial charge in [0.15, 0.2) is 0 Å². The SMILES string of the molecule is C[C@H]1[C@H](NC(=O)c2ccc(Oc3ccc(C(F)(F)F)o3)cc2)C2CCN1CC2. The van der Waals surface area contributed by atoms with Crippen LogP contribution in [0.1, 0.15) is 35.9 Å². The first-order valence-electron chi connectivity index (χ1n) is 9.31. The molecule has 0 unspecified atom stereocenters. The molecule has 3 aliphatic rings. The fourth-order valence-electron chi connectivity index (χ4n) is 4.10. The van der Waals surface area contributed by atoms with Gasteiger partial charge in [-0.2, -0.15) is 13.2 Å². The number of benzene rings is 1. The molecule has 28 heavy (non-hydrogen) atoms. The monoisotopic (exact) mass is 394 g/mol. The van der Waals surface area contributed by atoms with Gasteiger partial charge >= 0.3 is 6.18 Å². The van der Waals surface area contributed by atoms with Gasteiger partial charge in [0, 0.05) is 23.7 Å². The van der Waals surface area contributed by atoms with Crippen molar-refractivity contribution in [1.82, 2.24) is 10.2 Å². The van der Waals surface area contributed by atoms with Crippen LogP contribution in [0, 0.1) is 5.92 Å². The largest absolute Gasteiger partial charge is 0.449 e. The summed E-state index contributed by atoms with van der Waals surface area (Å²) in [5, 5.41) is 3.14. The molecule has 3 aliphatic heterocycles. The third-order valence-electron chi connectivity index (χ3n) is 5.67. The molecule has 1 amide bonds. The number of nitrogens with zero attached hydrogens (tertiary/aromatic N) is 1. The quantitative estimate of drug-likeness (QED) is 0.840. The lowest BCUT2D eigenvalue weighted by Gasteiger charge is -2.49. The molecule has 0 radical (unpaired) electrons. The summed E-state index contributed by atoms with van der Waals surface area (Å²) in [4.78, 5) is 15.0. The van der Waals surface area contributed by atoms with Gasteiger partial charge in [-0.05, 0) is 69.1 Å². The highest BCUT2D eigenvalue weighted by Crippen LogP contribution is 2.35. The van der Waals surface area contributed by atoms with Crippen LogP contribution in [0.15, 0.2) is 40.8 Å². The van der Waals surface area contributed by atoms with Gasteiger partial charge in [-0.3, -0.25) is 9.69 Å². The minimum absolute atomic E-state index is 0.134. The van der Waals surface area contributed by atoms with E-state index in [-0.39, 0.29) is 23.6 Å². The second kappa shape index (κ2) is 7.16. The first-order chi connectivity index (χ1) is 13.3. The Kier molecular flexibility index (Phi) is 4.82. The molecule has 8 heteroatoms. The molecular formula is C20H21F3N2O3. The van der Waals surface area contributed by atoms with E-state index in [2.05, 4.69) is 21.6 Å². The van der Waals surface area contributed by atoms with Crippen LogP contribution in [0.5, 0.6) is 11.7 Å². The van der Waals surface area contributed by atoms with E-state index in [4.69, 9.17) is 4.74 Å². The molecule has 5 nitrogen and oxygen atoms in total. The van der Waals surface area contributed by atoms with Crippen molar-refractivity contribution < 1.29 is 27.1 Å².